The van der Waals surface area contributed by atoms with Crippen molar-refractivity contribution < 1.29 is 5.11 Å². The average molecular weight is 285 g/mol. The lowest BCUT2D eigenvalue weighted by atomic mass is 9.87. The summed E-state index contributed by atoms with van der Waals surface area (Å²) in [4.78, 5) is 0. The van der Waals surface area contributed by atoms with Gasteiger partial charge in [-0.25, -0.2) is 0 Å². The normalized spacial score (nSPS) is 17.6. The van der Waals surface area contributed by atoms with Crippen molar-refractivity contribution in [1.82, 2.24) is 15.1 Å². The number of hydrogen-bond donors (Lipinski definition) is 2. The molecule has 1 aromatic carbocycles. The van der Waals surface area contributed by atoms with Crippen LogP contribution in [0.3, 0.4) is 0 Å². The molecule has 4 heteroatoms. The quantitative estimate of drug-likeness (QED) is 0.820. The smallest absolute Gasteiger partial charge is 0.0688 e. The average Bonchev–Trinajstić information content (AvgIpc) is 3.25. The Bertz CT molecular complexity index is 577. The minimum absolute atomic E-state index is 0.105. The summed E-state index contributed by atoms with van der Waals surface area (Å²) in [7, 11) is 0. The topological polar surface area (TPSA) is 50.1 Å². The Morgan fingerprint density at radius 2 is 2.05 bits per heavy atom. The molecule has 1 saturated carbocycles. The van der Waals surface area contributed by atoms with Crippen LogP contribution in [-0.4, -0.2) is 27.5 Å². The Morgan fingerprint density at radius 3 is 2.62 bits per heavy atom. The molecule has 4 nitrogen and oxygen atoms in total. The van der Waals surface area contributed by atoms with Crippen molar-refractivity contribution in [2.45, 2.75) is 44.3 Å². The molecule has 112 valence electrons. The third kappa shape index (κ3) is 3.17. The van der Waals surface area contributed by atoms with Gasteiger partial charge >= 0.3 is 0 Å². The van der Waals surface area contributed by atoms with Crippen molar-refractivity contribution in [3.8, 4) is 0 Å². The predicted molar refractivity (Wildman–Crippen MR) is 82.9 cm³/mol. The first-order valence-corrected chi connectivity index (χ1v) is 7.66. The molecule has 0 bridgehead atoms. The van der Waals surface area contributed by atoms with Crippen LogP contribution in [0.25, 0.3) is 0 Å². The van der Waals surface area contributed by atoms with Gasteiger partial charge in [-0.3, -0.25) is 4.68 Å². The van der Waals surface area contributed by atoms with Crippen molar-refractivity contribution in [3.63, 3.8) is 0 Å². The fraction of sp³-hybridized carbons (Fsp3) is 0.471. The fourth-order valence-electron chi connectivity index (χ4n) is 2.82. The van der Waals surface area contributed by atoms with Crippen molar-refractivity contribution >= 4 is 0 Å². The van der Waals surface area contributed by atoms with E-state index < -0.39 is 0 Å². The SMILES string of the molecule is Cc1ccnn1CCC(CO)(NC1CC1)c1ccccc1. The van der Waals surface area contributed by atoms with Crippen molar-refractivity contribution in [2.75, 3.05) is 6.61 Å². The van der Waals surface area contributed by atoms with E-state index in [9.17, 15) is 5.11 Å². The van der Waals surface area contributed by atoms with Gasteiger partial charge in [-0.2, -0.15) is 5.10 Å². The summed E-state index contributed by atoms with van der Waals surface area (Å²) in [6.45, 7) is 2.96. The van der Waals surface area contributed by atoms with Crippen molar-refractivity contribution in [3.05, 3.63) is 53.9 Å². The maximum absolute atomic E-state index is 10.1. The molecule has 21 heavy (non-hydrogen) atoms. The fourth-order valence-corrected chi connectivity index (χ4v) is 2.82. The minimum Gasteiger partial charge on any atom is -0.394 e. The first-order valence-electron chi connectivity index (χ1n) is 7.66. The second-order valence-electron chi connectivity index (χ2n) is 5.97. The number of nitrogens with zero attached hydrogens (tertiary/aromatic N) is 2. The highest BCUT2D eigenvalue weighted by atomic mass is 16.3. The summed E-state index contributed by atoms with van der Waals surface area (Å²) in [5, 5.41) is 18.1. The number of nitrogens with one attached hydrogen (secondary N) is 1. The summed E-state index contributed by atoms with van der Waals surface area (Å²) in [5.74, 6) is 0. The number of aromatic nitrogens is 2. The van der Waals surface area contributed by atoms with Crippen LogP contribution in [-0.2, 0) is 12.1 Å². The van der Waals surface area contributed by atoms with E-state index >= 15 is 0 Å². The third-order valence-corrected chi connectivity index (χ3v) is 4.33. The Kier molecular flexibility index (Phi) is 4.08. The molecule has 1 fully saturated rings. The van der Waals surface area contributed by atoms with E-state index in [4.69, 9.17) is 0 Å². The zero-order valence-electron chi connectivity index (χ0n) is 12.5. The van der Waals surface area contributed by atoms with Crippen LogP contribution in [0, 0.1) is 6.92 Å². The van der Waals surface area contributed by atoms with Gasteiger partial charge in [0, 0.05) is 24.5 Å². The molecule has 0 aliphatic heterocycles. The van der Waals surface area contributed by atoms with Gasteiger partial charge in [0.25, 0.3) is 0 Å². The van der Waals surface area contributed by atoms with Gasteiger partial charge in [0.05, 0.1) is 12.1 Å². The van der Waals surface area contributed by atoms with Gasteiger partial charge < -0.3 is 10.4 Å². The summed E-state index contributed by atoms with van der Waals surface area (Å²) in [6.07, 6.45) is 5.06. The van der Waals surface area contributed by atoms with Gasteiger partial charge in [0.1, 0.15) is 0 Å². The second kappa shape index (κ2) is 6.00. The molecule has 1 aromatic heterocycles. The summed E-state index contributed by atoms with van der Waals surface area (Å²) >= 11 is 0. The number of benzene rings is 1. The van der Waals surface area contributed by atoms with Crippen LogP contribution in [0.15, 0.2) is 42.6 Å². The molecule has 0 radical (unpaired) electrons. The van der Waals surface area contributed by atoms with Crippen LogP contribution < -0.4 is 5.32 Å². The van der Waals surface area contributed by atoms with E-state index in [1.807, 2.05) is 35.1 Å². The molecule has 1 atom stereocenters. The molecule has 2 N–H and O–H groups in total. The maximum atomic E-state index is 10.1. The first-order chi connectivity index (χ1) is 10.2. The lowest BCUT2D eigenvalue weighted by Gasteiger charge is -2.34. The highest BCUT2D eigenvalue weighted by Gasteiger charge is 2.37. The van der Waals surface area contributed by atoms with Gasteiger partial charge in [-0.15, -0.1) is 0 Å². The Labute approximate surface area is 125 Å². The van der Waals surface area contributed by atoms with Crippen LogP contribution in [0.1, 0.15) is 30.5 Å². The van der Waals surface area contributed by atoms with Crippen molar-refractivity contribution in [2.24, 2.45) is 0 Å². The van der Waals surface area contributed by atoms with Crippen LogP contribution in [0.4, 0.5) is 0 Å². The molecule has 0 saturated heterocycles. The minimum atomic E-state index is -0.374. The van der Waals surface area contributed by atoms with E-state index in [2.05, 4.69) is 29.5 Å². The molecule has 3 rings (SSSR count). The molecule has 1 aliphatic rings. The molecule has 2 aromatic rings. The predicted octanol–water partition coefficient (Wildman–Crippen LogP) is 2.22. The Morgan fingerprint density at radius 1 is 1.29 bits per heavy atom. The lowest BCUT2D eigenvalue weighted by molar-refractivity contribution is 0.142. The summed E-state index contributed by atoms with van der Waals surface area (Å²) < 4.78 is 2.00. The molecule has 1 heterocycles. The van der Waals surface area contributed by atoms with Gasteiger partial charge in [-0.05, 0) is 37.8 Å². The highest BCUT2D eigenvalue weighted by molar-refractivity contribution is 5.25. The van der Waals surface area contributed by atoms with Crippen molar-refractivity contribution in [1.29, 1.82) is 0 Å². The second-order valence-corrected chi connectivity index (χ2v) is 5.97. The zero-order chi connectivity index (χ0) is 14.7. The van der Waals surface area contributed by atoms with E-state index in [1.165, 1.54) is 12.8 Å². The van der Waals surface area contributed by atoms with Gasteiger partial charge in [-0.1, -0.05) is 30.3 Å². The lowest BCUT2D eigenvalue weighted by Crippen LogP contribution is -2.47. The Balaban J connectivity index is 1.82. The van der Waals surface area contributed by atoms with Crippen LogP contribution in [0.2, 0.25) is 0 Å². The van der Waals surface area contributed by atoms with E-state index in [1.54, 1.807) is 0 Å². The number of hydrogen-bond acceptors (Lipinski definition) is 3. The monoisotopic (exact) mass is 285 g/mol. The van der Waals surface area contributed by atoms with Crippen LogP contribution >= 0.6 is 0 Å². The summed E-state index contributed by atoms with van der Waals surface area (Å²) in [6, 6.07) is 12.8. The summed E-state index contributed by atoms with van der Waals surface area (Å²) in [5.41, 5.74) is 1.94. The largest absolute Gasteiger partial charge is 0.394 e. The zero-order valence-corrected chi connectivity index (χ0v) is 12.5. The molecular formula is C17H23N3O. The number of aryl methyl sites for hydroxylation is 2. The number of aliphatic hydroxyl groups excluding tert-OH is 1. The third-order valence-electron chi connectivity index (χ3n) is 4.33. The first kappa shape index (κ1) is 14.3. The number of aliphatic hydroxyl groups is 1. The van der Waals surface area contributed by atoms with E-state index in [0.29, 0.717) is 6.04 Å². The number of rotatable bonds is 7. The van der Waals surface area contributed by atoms with E-state index in [0.717, 1.165) is 24.2 Å². The van der Waals surface area contributed by atoms with E-state index in [-0.39, 0.29) is 12.1 Å². The van der Waals surface area contributed by atoms with Gasteiger partial charge in [0.2, 0.25) is 0 Å². The molecule has 1 unspecified atom stereocenters. The van der Waals surface area contributed by atoms with Gasteiger partial charge in [0.15, 0.2) is 0 Å². The molecule has 0 amide bonds. The molecule has 0 spiro atoms. The maximum Gasteiger partial charge on any atom is 0.0688 e. The highest BCUT2D eigenvalue weighted by Crippen LogP contribution is 2.31. The van der Waals surface area contributed by atoms with Crippen LogP contribution in [0.5, 0.6) is 0 Å². The molecular weight excluding hydrogens is 262 g/mol. The molecule has 1 aliphatic carbocycles. The standard InChI is InChI=1S/C17H23N3O/c1-14-9-11-18-20(14)12-10-17(13-21,19-16-7-8-16)15-5-3-2-4-6-15/h2-6,9,11,16,19,21H,7-8,10,12-13H2,1H3. The Hall–Kier alpha value is -1.65.